The van der Waals surface area contributed by atoms with Crippen molar-refractivity contribution < 1.29 is 4.79 Å². The zero-order valence-electron chi connectivity index (χ0n) is 12.0. The van der Waals surface area contributed by atoms with Crippen LogP contribution in [0.3, 0.4) is 0 Å². The largest absolute Gasteiger partial charge is 0.399 e. The summed E-state index contributed by atoms with van der Waals surface area (Å²) in [5, 5.41) is 2.97. The summed E-state index contributed by atoms with van der Waals surface area (Å²) in [6.07, 6.45) is 1.20. The maximum Gasteiger partial charge on any atom is 0.220 e. The van der Waals surface area contributed by atoms with E-state index in [2.05, 4.69) is 26.1 Å². The van der Waals surface area contributed by atoms with Gasteiger partial charge >= 0.3 is 0 Å². The smallest absolute Gasteiger partial charge is 0.220 e. The van der Waals surface area contributed by atoms with Gasteiger partial charge in [-0.3, -0.25) is 4.79 Å². The SMILES string of the molecule is CC(C)C(C)CNC(=O)CCc1ccccc1N.Cl. The molecule has 1 rings (SSSR count). The van der Waals surface area contributed by atoms with Crippen molar-refractivity contribution in [3.05, 3.63) is 29.8 Å². The standard InChI is InChI=1S/C15H24N2O.ClH/c1-11(2)12(3)10-17-15(18)9-8-13-6-4-5-7-14(13)16;/h4-7,11-12H,8-10,16H2,1-3H3,(H,17,18);1H. The molecule has 1 atom stereocenters. The van der Waals surface area contributed by atoms with Gasteiger partial charge in [-0.2, -0.15) is 0 Å². The fourth-order valence-electron chi connectivity index (χ4n) is 1.61. The molecule has 0 heterocycles. The van der Waals surface area contributed by atoms with Crippen LogP contribution in [0.25, 0.3) is 0 Å². The lowest BCUT2D eigenvalue weighted by atomic mass is 9.98. The molecule has 0 aliphatic heterocycles. The summed E-state index contributed by atoms with van der Waals surface area (Å²) in [7, 11) is 0. The third kappa shape index (κ3) is 6.48. The first-order valence-corrected chi connectivity index (χ1v) is 6.60. The van der Waals surface area contributed by atoms with Crippen LogP contribution in [-0.4, -0.2) is 12.5 Å². The van der Waals surface area contributed by atoms with E-state index in [1.54, 1.807) is 0 Å². The Morgan fingerprint density at radius 2 is 1.89 bits per heavy atom. The predicted molar refractivity (Wildman–Crippen MR) is 83.4 cm³/mol. The molecule has 0 aliphatic rings. The zero-order chi connectivity index (χ0) is 13.5. The summed E-state index contributed by atoms with van der Waals surface area (Å²) in [5.41, 5.74) is 7.65. The molecule has 1 unspecified atom stereocenters. The van der Waals surface area contributed by atoms with Crippen LogP contribution in [0.15, 0.2) is 24.3 Å². The summed E-state index contributed by atoms with van der Waals surface area (Å²) >= 11 is 0. The van der Waals surface area contributed by atoms with Crippen LogP contribution in [0, 0.1) is 11.8 Å². The highest BCUT2D eigenvalue weighted by Crippen LogP contribution is 2.12. The van der Waals surface area contributed by atoms with Gasteiger partial charge in [0.2, 0.25) is 5.91 Å². The molecule has 0 saturated heterocycles. The minimum absolute atomic E-state index is 0. The van der Waals surface area contributed by atoms with Crippen LogP contribution >= 0.6 is 12.4 Å². The average Bonchev–Trinajstić information content (AvgIpc) is 2.34. The number of nitrogen functional groups attached to an aromatic ring is 1. The van der Waals surface area contributed by atoms with E-state index < -0.39 is 0 Å². The van der Waals surface area contributed by atoms with Crippen molar-refractivity contribution in [2.24, 2.45) is 11.8 Å². The third-order valence-corrected chi connectivity index (χ3v) is 3.44. The van der Waals surface area contributed by atoms with Crippen molar-refractivity contribution in [3.8, 4) is 0 Å². The lowest BCUT2D eigenvalue weighted by Crippen LogP contribution is -2.30. The Morgan fingerprint density at radius 3 is 2.47 bits per heavy atom. The Hall–Kier alpha value is -1.22. The highest BCUT2D eigenvalue weighted by Gasteiger charge is 2.09. The molecular weight excluding hydrogens is 260 g/mol. The molecule has 0 aliphatic carbocycles. The second kappa shape index (κ2) is 8.81. The molecule has 108 valence electrons. The van der Waals surface area contributed by atoms with Crippen molar-refractivity contribution in [2.45, 2.75) is 33.6 Å². The molecule has 1 aromatic rings. The lowest BCUT2D eigenvalue weighted by Gasteiger charge is -2.16. The first-order chi connectivity index (χ1) is 8.50. The lowest BCUT2D eigenvalue weighted by molar-refractivity contribution is -0.121. The average molecular weight is 285 g/mol. The van der Waals surface area contributed by atoms with Crippen LogP contribution in [0.5, 0.6) is 0 Å². The quantitative estimate of drug-likeness (QED) is 0.789. The number of aryl methyl sites for hydroxylation is 1. The van der Waals surface area contributed by atoms with E-state index in [0.717, 1.165) is 17.8 Å². The Morgan fingerprint density at radius 1 is 1.26 bits per heavy atom. The number of carbonyl (C=O) groups is 1. The van der Waals surface area contributed by atoms with E-state index in [9.17, 15) is 4.79 Å². The number of amides is 1. The molecule has 4 heteroatoms. The molecule has 3 nitrogen and oxygen atoms in total. The first kappa shape index (κ1) is 17.8. The number of halogens is 1. The number of carbonyl (C=O) groups excluding carboxylic acids is 1. The van der Waals surface area contributed by atoms with Gasteiger partial charge in [0.1, 0.15) is 0 Å². The fourth-order valence-corrected chi connectivity index (χ4v) is 1.61. The Kier molecular flexibility index (Phi) is 8.24. The molecule has 0 spiro atoms. The number of nitrogens with two attached hydrogens (primary N) is 1. The molecule has 3 N–H and O–H groups in total. The highest BCUT2D eigenvalue weighted by molar-refractivity contribution is 5.85. The van der Waals surface area contributed by atoms with Gasteiger partial charge < -0.3 is 11.1 Å². The molecule has 1 aromatic carbocycles. The van der Waals surface area contributed by atoms with Gasteiger partial charge in [0.25, 0.3) is 0 Å². The van der Waals surface area contributed by atoms with Crippen LogP contribution in [-0.2, 0) is 11.2 Å². The van der Waals surface area contributed by atoms with Crippen LogP contribution in [0.2, 0.25) is 0 Å². The summed E-state index contributed by atoms with van der Waals surface area (Å²) < 4.78 is 0. The molecular formula is C15H25ClN2O. The highest BCUT2D eigenvalue weighted by atomic mass is 35.5. The maximum atomic E-state index is 11.7. The summed E-state index contributed by atoms with van der Waals surface area (Å²) in [6, 6.07) is 7.70. The number of benzene rings is 1. The van der Waals surface area contributed by atoms with Crippen LogP contribution in [0.1, 0.15) is 32.8 Å². The Bertz CT molecular complexity index is 393. The molecule has 1 amide bonds. The Labute approximate surface area is 122 Å². The van der Waals surface area contributed by atoms with E-state index in [4.69, 9.17) is 5.73 Å². The number of nitrogens with one attached hydrogen (secondary N) is 1. The molecule has 19 heavy (non-hydrogen) atoms. The van der Waals surface area contributed by atoms with Gasteiger partial charge in [0.05, 0.1) is 0 Å². The van der Waals surface area contributed by atoms with Crippen molar-refractivity contribution in [3.63, 3.8) is 0 Å². The van der Waals surface area contributed by atoms with Gasteiger partial charge in [-0.1, -0.05) is 39.0 Å². The van der Waals surface area contributed by atoms with E-state index in [1.165, 1.54) is 0 Å². The van der Waals surface area contributed by atoms with Crippen LogP contribution in [0.4, 0.5) is 5.69 Å². The number of rotatable bonds is 6. The second-order valence-corrected chi connectivity index (χ2v) is 5.22. The summed E-state index contributed by atoms with van der Waals surface area (Å²) in [4.78, 5) is 11.7. The second-order valence-electron chi connectivity index (χ2n) is 5.22. The van der Waals surface area contributed by atoms with Gasteiger partial charge in [-0.15, -0.1) is 12.4 Å². The number of hydrogen-bond donors (Lipinski definition) is 2. The van der Waals surface area contributed by atoms with E-state index in [0.29, 0.717) is 24.7 Å². The maximum absolute atomic E-state index is 11.7. The fraction of sp³-hybridized carbons (Fsp3) is 0.533. The van der Waals surface area contributed by atoms with Crippen molar-refractivity contribution in [1.82, 2.24) is 5.32 Å². The Balaban J connectivity index is 0.00000324. The molecule has 0 fully saturated rings. The van der Waals surface area contributed by atoms with E-state index >= 15 is 0 Å². The van der Waals surface area contributed by atoms with Gasteiger partial charge in [-0.25, -0.2) is 0 Å². The minimum atomic E-state index is 0. The normalized spacial score (nSPS) is 11.8. The van der Waals surface area contributed by atoms with Gasteiger partial charge in [-0.05, 0) is 29.9 Å². The summed E-state index contributed by atoms with van der Waals surface area (Å²) in [5.74, 6) is 1.21. The van der Waals surface area contributed by atoms with Gasteiger partial charge in [0.15, 0.2) is 0 Å². The van der Waals surface area contributed by atoms with Crippen molar-refractivity contribution in [1.29, 1.82) is 0 Å². The molecule has 0 saturated carbocycles. The van der Waals surface area contributed by atoms with E-state index in [1.807, 2.05) is 24.3 Å². The number of para-hydroxylation sites is 1. The topological polar surface area (TPSA) is 55.1 Å². The monoisotopic (exact) mass is 284 g/mol. The van der Waals surface area contributed by atoms with Crippen molar-refractivity contribution >= 4 is 24.0 Å². The van der Waals surface area contributed by atoms with Gasteiger partial charge in [0, 0.05) is 18.7 Å². The number of anilines is 1. The summed E-state index contributed by atoms with van der Waals surface area (Å²) in [6.45, 7) is 7.24. The van der Waals surface area contributed by atoms with Crippen molar-refractivity contribution in [2.75, 3.05) is 12.3 Å². The minimum Gasteiger partial charge on any atom is -0.399 e. The third-order valence-electron chi connectivity index (χ3n) is 3.44. The number of hydrogen-bond acceptors (Lipinski definition) is 2. The molecule has 0 radical (unpaired) electrons. The first-order valence-electron chi connectivity index (χ1n) is 6.60. The molecule has 0 bridgehead atoms. The predicted octanol–water partition coefficient (Wildman–Crippen LogP) is 3.03. The van der Waals surface area contributed by atoms with Crippen LogP contribution < -0.4 is 11.1 Å². The molecule has 0 aromatic heterocycles. The van der Waals surface area contributed by atoms with E-state index in [-0.39, 0.29) is 18.3 Å². The zero-order valence-corrected chi connectivity index (χ0v) is 12.8.